The summed E-state index contributed by atoms with van der Waals surface area (Å²) in [7, 11) is 0. The fourth-order valence-corrected chi connectivity index (χ4v) is 3.77. The predicted octanol–water partition coefficient (Wildman–Crippen LogP) is 5.64. The highest BCUT2D eigenvalue weighted by molar-refractivity contribution is 6.30. The third-order valence-corrected chi connectivity index (χ3v) is 5.00. The van der Waals surface area contributed by atoms with Crippen LogP contribution in [-0.4, -0.2) is 5.66 Å². The van der Waals surface area contributed by atoms with Gasteiger partial charge in [-0.25, -0.2) is 22.8 Å². The topological polar surface area (TPSA) is 8.72 Å². The van der Waals surface area contributed by atoms with E-state index in [-0.39, 0.29) is 11.8 Å². The third kappa shape index (κ3) is 2.45. The molecule has 110 valence electrons. The zero-order valence-electron chi connectivity index (χ0n) is 12.3. The molecule has 0 aliphatic heterocycles. The lowest BCUT2D eigenvalue weighted by Crippen LogP contribution is -2.30. The Morgan fingerprint density at radius 1 is 1.14 bits per heavy atom. The molecular weight excluding hydrogens is 292 g/mol. The fourth-order valence-electron chi connectivity index (χ4n) is 3.64. The van der Waals surface area contributed by atoms with Gasteiger partial charge in [0.05, 0.1) is 0 Å². The van der Waals surface area contributed by atoms with Crippen LogP contribution in [0.5, 0.6) is 0 Å². The van der Waals surface area contributed by atoms with Gasteiger partial charge in [-0.1, -0.05) is 42.0 Å². The van der Waals surface area contributed by atoms with Crippen molar-refractivity contribution in [1.29, 1.82) is 0 Å². The number of allylic oxidation sites excluding steroid dienone is 2. The lowest BCUT2D eigenvalue weighted by atomic mass is 9.73. The van der Waals surface area contributed by atoms with Gasteiger partial charge >= 0.3 is 5.66 Å². The molecule has 2 aliphatic carbocycles. The van der Waals surface area contributed by atoms with Gasteiger partial charge in [-0.05, 0) is 37.0 Å². The molecule has 1 aromatic rings. The average Bonchev–Trinajstić information content (AvgIpc) is 2.73. The van der Waals surface area contributed by atoms with Crippen LogP contribution in [0.4, 0.5) is 0 Å². The summed E-state index contributed by atoms with van der Waals surface area (Å²) in [5.74, 6) is 0.478. The zero-order valence-corrected chi connectivity index (χ0v) is 13.1. The molecule has 2 nitrogen and oxygen atoms in total. The van der Waals surface area contributed by atoms with E-state index in [0.717, 1.165) is 29.9 Å². The van der Waals surface area contributed by atoms with Gasteiger partial charge in [0.2, 0.25) is 0 Å². The summed E-state index contributed by atoms with van der Waals surface area (Å²) in [4.78, 5) is 7.48. The Hall–Kier alpha value is -2.03. The summed E-state index contributed by atoms with van der Waals surface area (Å²) < 4.78 is 0. The van der Waals surface area contributed by atoms with Crippen molar-refractivity contribution in [3.63, 3.8) is 0 Å². The van der Waals surface area contributed by atoms with Crippen LogP contribution >= 0.6 is 11.6 Å². The number of hydrogen-bond donors (Lipinski definition) is 0. The molecule has 2 atom stereocenters. The molecule has 0 saturated heterocycles. The van der Waals surface area contributed by atoms with Gasteiger partial charge in [-0.2, -0.15) is 0 Å². The molecule has 0 bridgehead atoms. The van der Waals surface area contributed by atoms with Crippen LogP contribution in [-0.2, 0) is 0 Å². The number of rotatable bonds is 1. The highest BCUT2D eigenvalue weighted by atomic mass is 35.5. The number of hydrogen-bond acceptors (Lipinski definition) is 0. The second-order valence-electron chi connectivity index (χ2n) is 5.95. The van der Waals surface area contributed by atoms with Crippen molar-refractivity contribution in [3.8, 4) is 0 Å². The summed E-state index contributed by atoms with van der Waals surface area (Å²) in [5.41, 5.74) is 1.22. The Labute approximate surface area is 136 Å². The number of benzene rings is 1. The van der Waals surface area contributed by atoms with E-state index in [1.165, 1.54) is 5.56 Å². The van der Waals surface area contributed by atoms with Crippen LogP contribution < -0.4 is 0 Å². The van der Waals surface area contributed by atoms with Gasteiger partial charge in [-0.15, -0.1) is 0 Å². The highest BCUT2D eigenvalue weighted by Crippen LogP contribution is 2.47. The van der Waals surface area contributed by atoms with Crippen molar-refractivity contribution in [1.82, 2.24) is 0 Å². The van der Waals surface area contributed by atoms with E-state index < -0.39 is 5.66 Å². The Morgan fingerprint density at radius 2 is 1.86 bits per heavy atom. The quantitative estimate of drug-likeness (QED) is 0.468. The summed E-state index contributed by atoms with van der Waals surface area (Å²) in [5, 5.41) is 0.734. The van der Waals surface area contributed by atoms with Crippen LogP contribution in [0.2, 0.25) is 5.02 Å². The average molecular weight is 309 g/mol. The van der Waals surface area contributed by atoms with Gasteiger partial charge in [0.1, 0.15) is 12.0 Å². The maximum absolute atomic E-state index is 7.58. The second-order valence-corrected chi connectivity index (χ2v) is 6.38. The smallest absolute Gasteiger partial charge is 0.226 e. The fraction of sp³-hybridized carbons (Fsp3) is 0.368. The highest BCUT2D eigenvalue weighted by Gasteiger charge is 2.53. The van der Waals surface area contributed by atoms with Gasteiger partial charge in [0.25, 0.3) is 0 Å². The summed E-state index contributed by atoms with van der Waals surface area (Å²) in [6, 6.07) is 7.95. The van der Waals surface area contributed by atoms with E-state index in [1.54, 1.807) is 0 Å². The van der Waals surface area contributed by atoms with Crippen molar-refractivity contribution in [3.05, 3.63) is 81.5 Å². The maximum Gasteiger partial charge on any atom is 0.509 e. The molecule has 0 amide bonds. The Kier molecular flexibility index (Phi) is 4.06. The molecule has 22 heavy (non-hydrogen) atoms. The molecule has 3 heteroatoms. The van der Waals surface area contributed by atoms with Gasteiger partial charge < -0.3 is 0 Å². The SMILES string of the molecule is [C-]#[N+]C1([N+]#[C-])CC=C[C@@H](c2ccc(Cl)cc2)[C@@H]2CCCC=C21. The molecule has 0 saturated carbocycles. The normalized spacial score (nSPS) is 26.0. The van der Waals surface area contributed by atoms with Crippen molar-refractivity contribution in [2.75, 3.05) is 0 Å². The van der Waals surface area contributed by atoms with Crippen LogP contribution in [0, 0.1) is 19.1 Å². The lowest BCUT2D eigenvalue weighted by molar-refractivity contribution is 0.438. The minimum atomic E-state index is -1.03. The summed E-state index contributed by atoms with van der Waals surface area (Å²) in [6.07, 6.45) is 9.99. The Morgan fingerprint density at radius 3 is 2.55 bits per heavy atom. The Bertz CT molecular complexity index is 686. The number of halogens is 1. The molecule has 0 N–H and O–H groups in total. The van der Waals surface area contributed by atoms with E-state index in [2.05, 4.69) is 34.0 Å². The molecule has 0 aromatic heterocycles. The largest absolute Gasteiger partial charge is 0.509 e. The maximum atomic E-state index is 7.58. The van der Waals surface area contributed by atoms with Crippen LogP contribution in [0.3, 0.4) is 0 Å². The summed E-state index contributed by atoms with van der Waals surface area (Å²) in [6.45, 7) is 15.2. The molecule has 0 heterocycles. The van der Waals surface area contributed by atoms with Crippen LogP contribution in [0.1, 0.15) is 37.2 Å². The lowest BCUT2D eigenvalue weighted by Gasteiger charge is -2.29. The molecule has 0 radical (unpaired) electrons. The first-order chi connectivity index (χ1) is 10.7. The monoisotopic (exact) mass is 308 g/mol. The molecule has 0 unspecified atom stereocenters. The molecule has 1 aromatic carbocycles. The van der Waals surface area contributed by atoms with E-state index in [1.807, 2.05) is 18.2 Å². The van der Waals surface area contributed by atoms with E-state index in [0.29, 0.717) is 6.42 Å². The minimum absolute atomic E-state index is 0.231. The molecule has 0 spiro atoms. The van der Waals surface area contributed by atoms with Crippen molar-refractivity contribution in [2.45, 2.75) is 37.3 Å². The van der Waals surface area contributed by atoms with E-state index >= 15 is 0 Å². The van der Waals surface area contributed by atoms with Crippen LogP contribution in [0.25, 0.3) is 9.69 Å². The van der Waals surface area contributed by atoms with Crippen molar-refractivity contribution >= 4 is 11.6 Å². The Balaban J connectivity index is 2.07. The number of fused-ring (bicyclic) bond motifs is 1. The predicted molar refractivity (Wildman–Crippen MR) is 89.3 cm³/mol. The minimum Gasteiger partial charge on any atom is -0.226 e. The second kappa shape index (κ2) is 5.99. The first-order valence-corrected chi connectivity index (χ1v) is 7.98. The first-order valence-electron chi connectivity index (χ1n) is 7.60. The third-order valence-electron chi connectivity index (χ3n) is 4.75. The van der Waals surface area contributed by atoms with Crippen LogP contribution in [0.15, 0.2) is 48.1 Å². The van der Waals surface area contributed by atoms with Crippen molar-refractivity contribution in [2.24, 2.45) is 5.92 Å². The zero-order chi connectivity index (χ0) is 15.6. The molecule has 0 fully saturated rings. The number of nitrogens with zero attached hydrogens (tertiary/aromatic N) is 2. The summed E-state index contributed by atoms with van der Waals surface area (Å²) >= 11 is 6.00. The first kappa shape index (κ1) is 14.9. The van der Waals surface area contributed by atoms with Crippen molar-refractivity contribution < 1.29 is 0 Å². The molecular formula is C19H17ClN2. The standard InChI is InChI=1S/C19H17ClN2/c1-21-19(22-2)13-5-7-16(14-9-11-15(20)12-10-14)17-6-3-4-8-18(17)19/h5,7-12,16-17H,3-4,6,13H2/t16-,17-/m0/s1. The van der Waals surface area contributed by atoms with Gasteiger partial charge in [-0.3, -0.25) is 0 Å². The van der Waals surface area contributed by atoms with E-state index in [9.17, 15) is 0 Å². The molecule has 3 rings (SSSR count). The molecule has 2 aliphatic rings. The van der Waals surface area contributed by atoms with Gasteiger partial charge in [0, 0.05) is 16.9 Å². The van der Waals surface area contributed by atoms with E-state index in [4.69, 9.17) is 24.7 Å². The van der Waals surface area contributed by atoms with Gasteiger partial charge in [0.15, 0.2) is 0 Å².